The van der Waals surface area contributed by atoms with Gasteiger partial charge >= 0.3 is 0 Å². The van der Waals surface area contributed by atoms with Crippen molar-refractivity contribution in [3.63, 3.8) is 0 Å². The van der Waals surface area contributed by atoms with E-state index >= 15 is 0 Å². The second kappa shape index (κ2) is 3.81. The molecule has 0 saturated heterocycles. The third-order valence-corrected chi connectivity index (χ3v) is 3.20. The predicted molar refractivity (Wildman–Crippen MR) is 64.3 cm³/mol. The molecule has 88 valence electrons. The van der Waals surface area contributed by atoms with Crippen LogP contribution in [0, 0.1) is 5.41 Å². The second-order valence-electron chi connectivity index (χ2n) is 5.24. The molecule has 1 unspecified atom stereocenters. The Kier molecular flexibility index (Phi) is 2.61. The van der Waals surface area contributed by atoms with Gasteiger partial charge in [-0.05, 0) is 24.7 Å². The smallest absolute Gasteiger partial charge is 0.276 e. The Morgan fingerprint density at radius 1 is 1.62 bits per heavy atom. The number of rotatable bonds is 2. The summed E-state index contributed by atoms with van der Waals surface area (Å²) in [5.41, 5.74) is 5.92. The van der Waals surface area contributed by atoms with E-state index in [1.807, 2.05) is 0 Å². The first kappa shape index (κ1) is 11.0. The van der Waals surface area contributed by atoms with Crippen LogP contribution in [0.4, 0.5) is 11.5 Å². The summed E-state index contributed by atoms with van der Waals surface area (Å²) >= 11 is 0. The molecule has 4 N–H and O–H groups in total. The van der Waals surface area contributed by atoms with Crippen molar-refractivity contribution in [1.82, 2.24) is 9.97 Å². The predicted octanol–water partition coefficient (Wildman–Crippen LogP) is 1.34. The van der Waals surface area contributed by atoms with Gasteiger partial charge in [-0.1, -0.05) is 13.8 Å². The number of anilines is 2. The van der Waals surface area contributed by atoms with E-state index in [2.05, 4.69) is 29.1 Å². The van der Waals surface area contributed by atoms with Gasteiger partial charge in [0.1, 0.15) is 5.69 Å². The highest BCUT2D eigenvalue weighted by Gasteiger charge is 2.31. The van der Waals surface area contributed by atoms with Crippen molar-refractivity contribution in [2.75, 3.05) is 11.1 Å². The number of hydrogen-bond donors (Lipinski definition) is 3. The molecule has 0 radical (unpaired) electrons. The third kappa shape index (κ3) is 2.18. The zero-order valence-electron chi connectivity index (χ0n) is 9.71. The number of aromatic amines is 1. The molecule has 5 heteroatoms. The van der Waals surface area contributed by atoms with Crippen LogP contribution in [-0.2, 0) is 0 Å². The van der Waals surface area contributed by atoms with Gasteiger partial charge in [0, 0.05) is 6.04 Å². The first-order chi connectivity index (χ1) is 7.48. The molecule has 1 fully saturated rings. The minimum atomic E-state index is -0.283. The standard InChI is InChI=1S/C11H18N4O/c1-11(2)4-3-7(5-11)15-9-8(12)10(16)14-6-13-9/h6-7H,3-5,12H2,1-2H3,(H2,13,14,15,16). The van der Waals surface area contributed by atoms with Gasteiger partial charge in [-0.2, -0.15) is 0 Å². The molecule has 0 amide bonds. The third-order valence-electron chi connectivity index (χ3n) is 3.20. The maximum absolute atomic E-state index is 11.3. The first-order valence-corrected chi connectivity index (χ1v) is 5.58. The van der Waals surface area contributed by atoms with Crippen LogP contribution in [-0.4, -0.2) is 16.0 Å². The number of nitrogen functional groups attached to an aromatic ring is 1. The lowest BCUT2D eigenvalue weighted by Crippen LogP contribution is -2.22. The molecule has 0 aromatic carbocycles. The molecular formula is C11H18N4O. The second-order valence-corrected chi connectivity index (χ2v) is 5.24. The highest BCUT2D eigenvalue weighted by molar-refractivity contribution is 5.59. The van der Waals surface area contributed by atoms with Crippen molar-refractivity contribution in [1.29, 1.82) is 0 Å². The summed E-state index contributed by atoms with van der Waals surface area (Å²) in [7, 11) is 0. The zero-order chi connectivity index (χ0) is 11.8. The fourth-order valence-corrected chi connectivity index (χ4v) is 2.28. The summed E-state index contributed by atoms with van der Waals surface area (Å²) in [6.07, 6.45) is 4.75. The zero-order valence-corrected chi connectivity index (χ0v) is 9.71. The van der Waals surface area contributed by atoms with E-state index in [0.29, 0.717) is 17.3 Å². The number of nitrogens with one attached hydrogen (secondary N) is 2. The molecule has 1 aliphatic rings. The van der Waals surface area contributed by atoms with E-state index < -0.39 is 0 Å². The first-order valence-electron chi connectivity index (χ1n) is 5.58. The van der Waals surface area contributed by atoms with E-state index in [1.165, 1.54) is 12.7 Å². The summed E-state index contributed by atoms with van der Waals surface area (Å²) < 4.78 is 0. The molecule has 1 aliphatic carbocycles. The Bertz CT molecular complexity index is 438. The van der Waals surface area contributed by atoms with E-state index in [-0.39, 0.29) is 11.2 Å². The molecule has 0 spiro atoms. The number of nitrogens with zero attached hydrogens (tertiary/aromatic N) is 1. The van der Waals surface area contributed by atoms with Gasteiger partial charge in [-0.15, -0.1) is 0 Å². The monoisotopic (exact) mass is 222 g/mol. The molecule has 1 atom stereocenters. The number of H-pyrrole nitrogens is 1. The van der Waals surface area contributed by atoms with Crippen molar-refractivity contribution in [3.8, 4) is 0 Å². The van der Waals surface area contributed by atoms with Gasteiger partial charge < -0.3 is 16.0 Å². The lowest BCUT2D eigenvalue weighted by Gasteiger charge is -2.18. The SMILES string of the molecule is CC1(C)CCC(Nc2nc[nH]c(=O)c2N)C1. The summed E-state index contributed by atoms with van der Waals surface area (Å²) in [6.45, 7) is 4.51. The lowest BCUT2D eigenvalue weighted by atomic mass is 9.92. The summed E-state index contributed by atoms with van der Waals surface area (Å²) in [5.74, 6) is 0.506. The molecular weight excluding hydrogens is 204 g/mol. The molecule has 16 heavy (non-hydrogen) atoms. The van der Waals surface area contributed by atoms with Gasteiger partial charge in [0.2, 0.25) is 0 Å². The highest BCUT2D eigenvalue weighted by atomic mass is 16.1. The molecule has 1 aromatic heterocycles. The maximum Gasteiger partial charge on any atom is 0.276 e. The Hall–Kier alpha value is -1.52. The van der Waals surface area contributed by atoms with Gasteiger partial charge in [0.05, 0.1) is 6.33 Å². The molecule has 0 aliphatic heterocycles. The average molecular weight is 222 g/mol. The summed E-state index contributed by atoms with van der Waals surface area (Å²) in [6, 6.07) is 0.367. The van der Waals surface area contributed by atoms with Crippen LogP contribution >= 0.6 is 0 Å². The fourth-order valence-electron chi connectivity index (χ4n) is 2.28. The van der Waals surface area contributed by atoms with Crippen LogP contribution in [0.5, 0.6) is 0 Å². The van der Waals surface area contributed by atoms with Crippen LogP contribution in [0.1, 0.15) is 33.1 Å². The topological polar surface area (TPSA) is 83.8 Å². The van der Waals surface area contributed by atoms with Crippen LogP contribution in [0.2, 0.25) is 0 Å². The van der Waals surface area contributed by atoms with Crippen molar-refractivity contribution in [2.24, 2.45) is 5.41 Å². The summed E-state index contributed by atoms with van der Waals surface area (Å²) in [5, 5.41) is 3.25. The average Bonchev–Trinajstić information content (AvgIpc) is 2.53. The van der Waals surface area contributed by atoms with E-state index in [0.717, 1.165) is 12.8 Å². The van der Waals surface area contributed by atoms with E-state index in [9.17, 15) is 4.79 Å². The molecule has 1 aromatic rings. The lowest BCUT2D eigenvalue weighted by molar-refractivity contribution is 0.378. The summed E-state index contributed by atoms with van der Waals surface area (Å²) in [4.78, 5) is 17.8. The minimum Gasteiger partial charge on any atom is -0.391 e. The Morgan fingerprint density at radius 3 is 3.00 bits per heavy atom. The van der Waals surface area contributed by atoms with E-state index in [1.54, 1.807) is 0 Å². The molecule has 1 heterocycles. The minimum absolute atomic E-state index is 0.173. The largest absolute Gasteiger partial charge is 0.391 e. The van der Waals surface area contributed by atoms with Crippen molar-refractivity contribution in [2.45, 2.75) is 39.2 Å². The van der Waals surface area contributed by atoms with Crippen LogP contribution in [0.3, 0.4) is 0 Å². The Morgan fingerprint density at radius 2 is 2.38 bits per heavy atom. The number of hydrogen-bond acceptors (Lipinski definition) is 4. The number of nitrogens with two attached hydrogens (primary N) is 1. The van der Waals surface area contributed by atoms with Crippen LogP contribution in [0.25, 0.3) is 0 Å². The Balaban J connectivity index is 2.11. The molecule has 2 rings (SSSR count). The van der Waals surface area contributed by atoms with Gasteiger partial charge in [0.25, 0.3) is 5.56 Å². The molecule has 1 saturated carbocycles. The number of aromatic nitrogens is 2. The van der Waals surface area contributed by atoms with Crippen molar-refractivity contribution in [3.05, 3.63) is 16.7 Å². The molecule has 0 bridgehead atoms. The van der Waals surface area contributed by atoms with Crippen LogP contribution < -0.4 is 16.6 Å². The van der Waals surface area contributed by atoms with E-state index in [4.69, 9.17) is 5.73 Å². The van der Waals surface area contributed by atoms with Gasteiger partial charge in [0.15, 0.2) is 5.82 Å². The normalized spacial score (nSPS) is 23.2. The van der Waals surface area contributed by atoms with Gasteiger partial charge in [-0.3, -0.25) is 4.79 Å². The fraction of sp³-hybridized carbons (Fsp3) is 0.636. The quantitative estimate of drug-likeness (QED) is 0.705. The van der Waals surface area contributed by atoms with Gasteiger partial charge in [-0.25, -0.2) is 4.98 Å². The van der Waals surface area contributed by atoms with Crippen molar-refractivity contribution >= 4 is 11.5 Å². The highest BCUT2D eigenvalue weighted by Crippen LogP contribution is 2.38. The Labute approximate surface area is 94.5 Å². The maximum atomic E-state index is 11.3. The van der Waals surface area contributed by atoms with Crippen LogP contribution in [0.15, 0.2) is 11.1 Å². The molecule has 5 nitrogen and oxygen atoms in total. The van der Waals surface area contributed by atoms with Crippen molar-refractivity contribution < 1.29 is 0 Å².